The number of hydrogen-bond acceptors (Lipinski definition) is 5. The average molecular weight is 330 g/mol. The van der Waals surface area contributed by atoms with Gasteiger partial charge in [0, 0.05) is 19.1 Å². The van der Waals surface area contributed by atoms with Gasteiger partial charge in [-0.25, -0.2) is 9.67 Å². The third-order valence-corrected chi connectivity index (χ3v) is 4.44. The zero-order chi connectivity index (χ0) is 17.1. The molecule has 6 heteroatoms. The maximum atomic E-state index is 10.2. The summed E-state index contributed by atoms with van der Waals surface area (Å²) in [5.74, 6) is 2.31. The van der Waals surface area contributed by atoms with Crippen molar-refractivity contribution in [1.29, 1.82) is 0 Å². The number of methoxy groups -OCH3 is 1. The van der Waals surface area contributed by atoms with E-state index in [4.69, 9.17) is 4.74 Å². The van der Waals surface area contributed by atoms with Crippen LogP contribution < -0.4 is 4.74 Å². The van der Waals surface area contributed by atoms with Crippen molar-refractivity contribution in [3.8, 4) is 5.75 Å². The maximum absolute atomic E-state index is 10.2. The third kappa shape index (κ3) is 3.76. The number of rotatable bonds is 6. The minimum Gasteiger partial charge on any atom is -0.497 e. The number of aliphatic hydroxyl groups excluding tert-OH is 1. The zero-order valence-electron chi connectivity index (χ0n) is 14.6. The maximum Gasteiger partial charge on any atom is 0.141 e. The number of hydrogen-bond donors (Lipinski definition) is 1. The van der Waals surface area contributed by atoms with Crippen molar-refractivity contribution in [3.05, 3.63) is 42.0 Å². The molecule has 1 aromatic carbocycles. The molecule has 0 saturated carbocycles. The van der Waals surface area contributed by atoms with Gasteiger partial charge in [-0.3, -0.25) is 4.90 Å². The summed E-state index contributed by atoms with van der Waals surface area (Å²) >= 11 is 0. The van der Waals surface area contributed by atoms with Crippen LogP contribution in [0.15, 0.2) is 30.6 Å². The van der Waals surface area contributed by atoms with Crippen molar-refractivity contribution in [2.45, 2.75) is 45.5 Å². The SMILES string of the molecule is COc1cccc([C@@H]2C[C@@H](O)CN2Cc2ncnn2CC(C)C)c1. The van der Waals surface area contributed by atoms with Crippen molar-refractivity contribution in [2.24, 2.45) is 5.92 Å². The van der Waals surface area contributed by atoms with E-state index in [2.05, 4.69) is 41.0 Å². The van der Waals surface area contributed by atoms with Gasteiger partial charge in [0.25, 0.3) is 0 Å². The average Bonchev–Trinajstić information content (AvgIpc) is 3.14. The van der Waals surface area contributed by atoms with E-state index in [-0.39, 0.29) is 12.1 Å². The van der Waals surface area contributed by atoms with E-state index in [1.54, 1.807) is 13.4 Å². The Balaban J connectivity index is 1.79. The normalized spacial score (nSPS) is 21.5. The topological polar surface area (TPSA) is 63.4 Å². The van der Waals surface area contributed by atoms with Crippen LogP contribution in [0.3, 0.4) is 0 Å². The van der Waals surface area contributed by atoms with E-state index in [0.717, 1.165) is 24.5 Å². The lowest BCUT2D eigenvalue weighted by Crippen LogP contribution is -2.26. The molecule has 2 heterocycles. The van der Waals surface area contributed by atoms with Crippen LogP contribution in [0.1, 0.15) is 37.7 Å². The monoisotopic (exact) mass is 330 g/mol. The van der Waals surface area contributed by atoms with E-state index in [0.29, 0.717) is 19.0 Å². The molecule has 1 N–H and O–H groups in total. The van der Waals surface area contributed by atoms with Crippen LogP contribution in [-0.4, -0.2) is 44.5 Å². The zero-order valence-corrected chi connectivity index (χ0v) is 14.6. The molecule has 0 aliphatic carbocycles. The molecule has 1 fully saturated rings. The Hall–Kier alpha value is -1.92. The summed E-state index contributed by atoms with van der Waals surface area (Å²) in [6.45, 7) is 6.53. The van der Waals surface area contributed by atoms with Gasteiger partial charge in [-0.05, 0) is 30.0 Å². The number of nitrogens with zero attached hydrogens (tertiary/aromatic N) is 4. The summed E-state index contributed by atoms with van der Waals surface area (Å²) in [5.41, 5.74) is 1.17. The fourth-order valence-corrected chi connectivity index (χ4v) is 3.34. The first-order chi connectivity index (χ1) is 11.6. The first-order valence-electron chi connectivity index (χ1n) is 8.49. The summed E-state index contributed by atoms with van der Waals surface area (Å²) < 4.78 is 7.31. The molecule has 0 radical (unpaired) electrons. The molecule has 3 rings (SSSR count). The van der Waals surface area contributed by atoms with Crippen molar-refractivity contribution < 1.29 is 9.84 Å². The lowest BCUT2D eigenvalue weighted by atomic mass is 10.0. The highest BCUT2D eigenvalue weighted by molar-refractivity contribution is 5.31. The molecular weight excluding hydrogens is 304 g/mol. The molecule has 6 nitrogen and oxygen atoms in total. The molecule has 0 amide bonds. The highest BCUT2D eigenvalue weighted by atomic mass is 16.5. The summed E-state index contributed by atoms with van der Waals surface area (Å²) in [6.07, 6.45) is 2.03. The van der Waals surface area contributed by atoms with Crippen LogP contribution >= 0.6 is 0 Å². The first kappa shape index (κ1) is 16.9. The predicted molar refractivity (Wildman–Crippen MR) is 91.6 cm³/mol. The molecule has 1 saturated heterocycles. The van der Waals surface area contributed by atoms with Crippen LogP contribution in [-0.2, 0) is 13.1 Å². The number of β-amino-alcohol motifs (C(OH)–C–C–N with tert-alkyl or cyclic N) is 1. The second kappa shape index (κ2) is 7.32. The first-order valence-corrected chi connectivity index (χ1v) is 8.49. The quantitative estimate of drug-likeness (QED) is 0.880. The predicted octanol–water partition coefficient (Wildman–Crippen LogP) is 2.25. The fourth-order valence-electron chi connectivity index (χ4n) is 3.34. The van der Waals surface area contributed by atoms with Crippen molar-refractivity contribution in [2.75, 3.05) is 13.7 Å². The number of ether oxygens (including phenoxy) is 1. The molecule has 24 heavy (non-hydrogen) atoms. The number of aromatic nitrogens is 3. The van der Waals surface area contributed by atoms with E-state index in [1.807, 2.05) is 16.8 Å². The summed E-state index contributed by atoms with van der Waals surface area (Å²) in [6, 6.07) is 8.25. The van der Waals surface area contributed by atoms with Gasteiger partial charge in [-0.15, -0.1) is 0 Å². The van der Waals surface area contributed by atoms with Crippen molar-refractivity contribution in [3.63, 3.8) is 0 Å². The van der Waals surface area contributed by atoms with Crippen molar-refractivity contribution in [1.82, 2.24) is 19.7 Å². The smallest absolute Gasteiger partial charge is 0.141 e. The molecule has 1 aliphatic heterocycles. The minimum absolute atomic E-state index is 0.166. The van der Waals surface area contributed by atoms with Crippen LogP contribution in [0, 0.1) is 5.92 Å². The second-order valence-electron chi connectivity index (χ2n) is 6.86. The van der Waals surface area contributed by atoms with E-state index in [9.17, 15) is 5.11 Å². The molecule has 0 unspecified atom stereocenters. The Labute approximate surface area is 143 Å². The summed E-state index contributed by atoms with van der Waals surface area (Å²) in [5, 5.41) is 14.5. The standard InChI is InChI=1S/C18H26N4O2/c1-13(2)9-22-18(19-12-20-22)11-21-10-15(23)8-17(21)14-5-4-6-16(7-14)24-3/h4-7,12-13,15,17,23H,8-11H2,1-3H3/t15-,17+/m1/s1. The highest BCUT2D eigenvalue weighted by Crippen LogP contribution is 2.34. The van der Waals surface area contributed by atoms with Gasteiger partial charge in [-0.2, -0.15) is 5.10 Å². The Kier molecular flexibility index (Phi) is 5.16. The Bertz CT molecular complexity index is 671. The number of benzene rings is 1. The van der Waals surface area contributed by atoms with E-state index >= 15 is 0 Å². The molecule has 0 spiro atoms. The summed E-state index contributed by atoms with van der Waals surface area (Å²) in [7, 11) is 1.68. The second-order valence-corrected chi connectivity index (χ2v) is 6.86. The Morgan fingerprint density at radius 3 is 2.96 bits per heavy atom. The van der Waals surface area contributed by atoms with Gasteiger partial charge < -0.3 is 9.84 Å². The van der Waals surface area contributed by atoms with E-state index in [1.165, 1.54) is 5.56 Å². The lowest BCUT2D eigenvalue weighted by molar-refractivity contribution is 0.170. The molecular formula is C18H26N4O2. The molecule has 0 bridgehead atoms. The summed E-state index contributed by atoms with van der Waals surface area (Å²) in [4.78, 5) is 6.70. The largest absolute Gasteiger partial charge is 0.497 e. The fraction of sp³-hybridized carbons (Fsp3) is 0.556. The van der Waals surface area contributed by atoms with E-state index < -0.39 is 0 Å². The molecule has 130 valence electrons. The van der Waals surface area contributed by atoms with Crippen LogP contribution in [0.4, 0.5) is 0 Å². The van der Waals surface area contributed by atoms with Gasteiger partial charge >= 0.3 is 0 Å². The molecule has 2 atom stereocenters. The highest BCUT2D eigenvalue weighted by Gasteiger charge is 2.33. The van der Waals surface area contributed by atoms with Crippen molar-refractivity contribution >= 4 is 0 Å². The van der Waals surface area contributed by atoms with Crippen LogP contribution in [0.5, 0.6) is 5.75 Å². The lowest BCUT2D eigenvalue weighted by Gasteiger charge is -2.24. The van der Waals surface area contributed by atoms with Gasteiger partial charge in [0.1, 0.15) is 17.9 Å². The Morgan fingerprint density at radius 1 is 1.38 bits per heavy atom. The molecule has 1 aliphatic rings. The molecule has 1 aromatic heterocycles. The third-order valence-electron chi connectivity index (χ3n) is 4.44. The molecule has 2 aromatic rings. The van der Waals surface area contributed by atoms with Crippen LogP contribution in [0.2, 0.25) is 0 Å². The van der Waals surface area contributed by atoms with Gasteiger partial charge in [-0.1, -0.05) is 26.0 Å². The van der Waals surface area contributed by atoms with Gasteiger partial charge in [0.15, 0.2) is 0 Å². The Morgan fingerprint density at radius 2 is 2.21 bits per heavy atom. The van der Waals surface area contributed by atoms with Gasteiger partial charge in [0.05, 0.1) is 19.8 Å². The van der Waals surface area contributed by atoms with Gasteiger partial charge in [0.2, 0.25) is 0 Å². The van der Waals surface area contributed by atoms with Crippen LogP contribution in [0.25, 0.3) is 0 Å². The minimum atomic E-state index is -0.317. The number of aliphatic hydroxyl groups is 1. The number of likely N-dealkylation sites (tertiary alicyclic amines) is 1.